The molecular weight excluding hydrogens is 370 g/mol. The Morgan fingerprint density at radius 2 is 1.57 bits per heavy atom. The smallest absolute Gasteiger partial charge is 0.181 e. The maximum absolute atomic E-state index is 4.58. The fourth-order valence-corrected chi connectivity index (χ4v) is 4.80. The zero-order valence-electron chi connectivity index (χ0n) is 18.8. The minimum absolute atomic E-state index is 0.292. The molecule has 30 heavy (non-hydrogen) atoms. The Morgan fingerprint density at radius 1 is 0.933 bits per heavy atom. The molecule has 0 unspecified atom stereocenters. The Bertz CT molecular complexity index is 1010. The zero-order valence-corrected chi connectivity index (χ0v) is 18.8. The fraction of sp³-hybridized carbons (Fsp3) is 0.480. The van der Waals surface area contributed by atoms with Gasteiger partial charge in [0.05, 0.1) is 11.2 Å². The van der Waals surface area contributed by atoms with Gasteiger partial charge in [0.1, 0.15) is 0 Å². The van der Waals surface area contributed by atoms with E-state index in [1.165, 1.54) is 11.1 Å². The third-order valence-electron chi connectivity index (χ3n) is 6.82. The highest BCUT2D eigenvalue weighted by molar-refractivity contribution is 5.53. The van der Waals surface area contributed by atoms with Crippen LogP contribution < -0.4 is 5.32 Å². The lowest BCUT2D eigenvalue weighted by Gasteiger charge is -2.44. The first kappa shape index (κ1) is 20.6. The lowest BCUT2D eigenvalue weighted by Crippen LogP contribution is -2.43. The first-order chi connectivity index (χ1) is 14.3. The fourth-order valence-electron chi connectivity index (χ4n) is 4.80. The van der Waals surface area contributed by atoms with Crippen molar-refractivity contribution in [3.05, 3.63) is 65.5 Å². The summed E-state index contributed by atoms with van der Waals surface area (Å²) in [5, 5.41) is 17.0. The summed E-state index contributed by atoms with van der Waals surface area (Å²) >= 11 is 0. The van der Waals surface area contributed by atoms with Gasteiger partial charge < -0.3 is 5.32 Å². The summed E-state index contributed by atoms with van der Waals surface area (Å²) in [6, 6.07) is 16.8. The summed E-state index contributed by atoms with van der Waals surface area (Å²) < 4.78 is 1.94. The van der Waals surface area contributed by atoms with E-state index in [0.717, 1.165) is 42.9 Å². The molecule has 1 N–H and O–H groups in total. The molecule has 2 aromatic carbocycles. The number of aromatic nitrogens is 4. The van der Waals surface area contributed by atoms with Crippen LogP contribution in [0.2, 0.25) is 0 Å². The monoisotopic (exact) mass is 403 g/mol. The average Bonchev–Trinajstić information content (AvgIpc) is 3.20. The Balaban J connectivity index is 1.77. The maximum atomic E-state index is 4.58. The van der Waals surface area contributed by atoms with Crippen LogP contribution in [0.15, 0.2) is 48.5 Å². The van der Waals surface area contributed by atoms with Crippen LogP contribution in [0.1, 0.15) is 63.4 Å². The topological polar surface area (TPSA) is 55.6 Å². The molecule has 1 heterocycles. The lowest BCUT2D eigenvalue weighted by atomic mass is 9.67. The van der Waals surface area contributed by atoms with Crippen molar-refractivity contribution in [2.75, 3.05) is 5.32 Å². The van der Waals surface area contributed by atoms with Crippen molar-refractivity contribution in [3.63, 3.8) is 0 Å². The molecule has 0 spiro atoms. The first-order valence-corrected chi connectivity index (χ1v) is 11.0. The van der Waals surface area contributed by atoms with Gasteiger partial charge in [-0.25, -0.2) is 0 Å². The molecule has 5 nitrogen and oxygen atoms in total. The van der Waals surface area contributed by atoms with Gasteiger partial charge in [-0.2, -0.15) is 4.68 Å². The third kappa shape index (κ3) is 3.85. The lowest BCUT2D eigenvalue weighted by molar-refractivity contribution is 0.137. The van der Waals surface area contributed by atoms with E-state index >= 15 is 0 Å². The Morgan fingerprint density at radius 3 is 2.20 bits per heavy atom. The molecule has 0 atom stereocenters. The Hall–Kier alpha value is -2.69. The van der Waals surface area contributed by atoms with Crippen molar-refractivity contribution in [3.8, 4) is 5.69 Å². The van der Waals surface area contributed by atoms with Gasteiger partial charge in [-0.05, 0) is 84.6 Å². The normalized spacial score (nSPS) is 22.1. The van der Waals surface area contributed by atoms with Crippen molar-refractivity contribution >= 4 is 5.69 Å². The van der Waals surface area contributed by atoms with Gasteiger partial charge in [0.25, 0.3) is 0 Å². The van der Waals surface area contributed by atoms with Crippen LogP contribution in [-0.4, -0.2) is 20.2 Å². The minimum Gasteiger partial charge on any atom is -0.372 e. The van der Waals surface area contributed by atoms with Crippen LogP contribution in [0.25, 0.3) is 5.69 Å². The van der Waals surface area contributed by atoms with E-state index < -0.39 is 0 Å². The van der Waals surface area contributed by atoms with Crippen LogP contribution in [0.4, 0.5) is 5.69 Å². The average molecular weight is 404 g/mol. The third-order valence-corrected chi connectivity index (χ3v) is 6.82. The molecule has 4 rings (SSSR count). The number of hydrogen-bond acceptors (Lipinski definition) is 4. The van der Waals surface area contributed by atoms with Crippen molar-refractivity contribution in [1.82, 2.24) is 20.2 Å². The van der Waals surface area contributed by atoms with Crippen molar-refractivity contribution in [2.45, 2.75) is 65.8 Å². The highest BCUT2D eigenvalue weighted by Gasteiger charge is 2.44. The zero-order chi connectivity index (χ0) is 21.4. The summed E-state index contributed by atoms with van der Waals surface area (Å²) in [5.74, 6) is 1.61. The predicted molar refractivity (Wildman–Crippen MR) is 122 cm³/mol. The predicted octanol–water partition coefficient (Wildman–Crippen LogP) is 5.82. The number of hydrogen-bond donors (Lipinski definition) is 1. The van der Waals surface area contributed by atoms with Crippen LogP contribution in [0.5, 0.6) is 0 Å². The van der Waals surface area contributed by atoms with Crippen molar-refractivity contribution in [2.24, 2.45) is 11.3 Å². The van der Waals surface area contributed by atoms with E-state index in [1.54, 1.807) is 0 Å². The molecule has 5 heteroatoms. The van der Waals surface area contributed by atoms with E-state index in [-0.39, 0.29) is 5.54 Å². The van der Waals surface area contributed by atoms with Gasteiger partial charge in [0.2, 0.25) is 0 Å². The van der Waals surface area contributed by atoms with E-state index in [4.69, 9.17) is 0 Å². The van der Waals surface area contributed by atoms with Crippen molar-refractivity contribution < 1.29 is 0 Å². The van der Waals surface area contributed by atoms with Gasteiger partial charge in [-0.15, -0.1) is 5.10 Å². The quantitative estimate of drug-likeness (QED) is 0.596. The van der Waals surface area contributed by atoms with Crippen LogP contribution in [0.3, 0.4) is 0 Å². The van der Waals surface area contributed by atoms with E-state index in [9.17, 15) is 0 Å². The maximum Gasteiger partial charge on any atom is 0.181 e. The summed E-state index contributed by atoms with van der Waals surface area (Å²) in [5.41, 5.74) is 4.63. The standard InChI is InChI=1S/C25H33N5/c1-18-10-6-8-12-21(18)26-25(16-14-20(15-17-25)24(3,4)5)23-27-28-29-30(23)22-13-9-7-11-19(22)2/h6-13,20,26H,14-17H2,1-5H3. The van der Waals surface area contributed by atoms with E-state index in [1.807, 2.05) is 10.7 Å². The SMILES string of the molecule is Cc1ccccc1NC1(c2nnnn2-c2ccccc2C)CCC(C(C)(C)C)CC1. The molecule has 158 valence electrons. The van der Waals surface area contributed by atoms with Gasteiger partial charge in [-0.3, -0.25) is 0 Å². The number of nitrogens with one attached hydrogen (secondary N) is 1. The summed E-state index contributed by atoms with van der Waals surface area (Å²) in [4.78, 5) is 0. The van der Waals surface area contributed by atoms with Crippen LogP contribution >= 0.6 is 0 Å². The molecule has 0 aliphatic heterocycles. The van der Waals surface area contributed by atoms with Gasteiger partial charge in [0.15, 0.2) is 5.82 Å². The van der Waals surface area contributed by atoms with Gasteiger partial charge >= 0.3 is 0 Å². The van der Waals surface area contributed by atoms with E-state index in [2.05, 4.69) is 97.9 Å². The summed E-state index contributed by atoms with van der Waals surface area (Å²) in [7, 11) is 0. The Labute approximate surface area is 179 Å². The molecule has 0 amide bonds. The molecule has 1 aliphatic carbocycles. The number of anilines is 1. The molecule has 1 aliphatic rings. The molecule has 1 fully saturated rings. The number of tetrazole rings is 1. The minimum atomic E-state index is -0.292. The van der Waals surface area contributed by atoms with E-state index in [0.29, 0.717) is 11.3 Å². The highest BCUT2D eigenvalue weighted by Crippen LogP contribution is 2.47. The van der Waals surface area contributed by atoms with Crippen molar-refractivity contribution in [1.29, 1.82) is 0 Å². The Kier molecular flexibility index (Phi) is 5.39. The molecule has 0 bridgehead atoms. The molecule has 0 saturated heterocycles. The number of para-hydroxylation sites is 2. The van der Waals surface area contributed by atoms with Gasteiger partial charge in [0, 0.05) is 5.69 Å². The summed E-state index contributed by atoms with van der Waals surface area (Å²) in [6.45, 7) is 11.3. The van der Waals surface area contributed by atoms with Crippen LogP contribution in [-0.2, 0) is 5.54 Å². The molecule has 3 aromatic rings. The molecule has 0 radical (unpaired) electrons. The summed E-state index contributed by atoms with van der Waals surface area (Å²) in [6.07, 6.45) is 4.33. The second-order valence-corrected chi connectivity index (χ2v) is 9.86. The first-order valence-electron chi connectivity index (χ1n) is 11.0. The van der Waals surface area contributed by atoms with Crippen LogP contribution in [0, 0.1) is 25.2 Å². The molecule has 1 aromatic heterocycles. The number of aryl methyl sites for hydroxylation is 2. The van der Waals surface area contributed by atoms with Gasteiger partial charge in [-0.1, -0.05) is 57.2 Å². The molecular formula is C25H33N5. The number of rotatable bonds is 4. The number of nitrogens with zero attached hydrogens (tertiary/aromatic N) is 4. The number of benzene rings is 2. The molecule has 1 saturated carbocycles. The highest BCUT2D eigenvalue weighted by atomic mass is 15.6. The second-order valence-electron chi connectivity index (χ2n) is 9.86. The largest absolute Gasteiger partial charge is 0.372 e. The second kappa shape index (κ2) is 7.86.